The maximum Gasteiger partial charge on any atom is 0.274 e. The number of amides is 1. The number of carbonyl (C=O) groups excluding carboxylic acids is 1. The number of nitrogens with zero attached hydrogens (tertiary/aromatic N) is 3. The highest BCUT2D eigenvalue weighted by Gasteiger charge is 2.26. The molecule has 1 saturated heterocycles. The maximum absolute atomic E-state index is 12.7. The van der Waals surface area contributed by atoms with Crippen molar-refractivity contribution in [2.75, 3.05) is 13.1 Å². The minimum Gasteiger partial charge on any atom is -0.337 e. The molecule has 1 amide bonds. The van der Waals surface area contributed by atoms with Crippen LogP contribution in [0.15, 0.2) is 30.5 Å². The van der Waals surface area contributed by atoms with Gasteiger partial charge >= 0.3 is 0 Å². The highest BCUT2D eigenvalue weighted by atomic mass is 16.2. The number of benzene rings is 1. The normalized spacial score (nSPS) is 20.7. The van der Waals surface area contributed by atoms with Crippen molar-refractivity contribution in [1.29, 1.82) is 0 Å². The number of hydrogen-bond acceptors (Lipinski definition) is 2. The lowest BCUT2D eigenvalue weighted by molar-refractivity contribution is 0.0718. The summed E-state index contributed by atoms with van der Waals surface area (Å²) < 4.78 is 2.20. The quantitative estimate of drug-likeness (QED) is 0.848. The smallest absolute Gasteiger partial charge is 0.274 e. The van der Waals surface area contributed by atoms with Crippen molar-refractivity contribution in [2.45, 2.75) is 51.5 Å². The van der Waals surface area contributed by atoms with E-state index in [0.29, 0.717) is 11.6 Å². The van der Waals surface area contributed by atoms with Crippen molar-refractivity contribution >= 4 is 5.91 Å². The van der Waals surface area contributed by atoms with Crippen LogP contribution in [-0.4, -0.2) is 33.4 Å². The summed E-state index contributed by atoms with van der Waals surface area (Å²) in [5.41, 5.74) is 3.35. The van der Waals surface area contributed by atoms with Crippen LogP contribution in [0, 0.1) is 6.92 Å². The van der Waals surface area contributed by atoms with Gasteiger partial charge in [-0.2, -0.15) is 0 Å². The zero-order chi connectivity index (χ0) is 16.5. The van der Waals surface area contributed by atoms with Gasteiger partial charge in [0.25, 0.3) is 5.91 Å². The number of aromatic nitrogens is 2. The molecule has 1 aromatic carbocycles. The highest BCUT2D eigenvalue weighted by molar-refractivity contribution is 5.92. The molecule has 1 fully saturated rings. The predicted molar refractivity (Wildman–Crippen MR) is 94.2 cm³/mol. The van der Waals surface area contributed by atoms with Crippen molar-refractivity contribution in [3.63, 3.8) is 0 Å². The molecule has 1 atom stereocenters. The second kappa shape index (κ2) is 6.42. The second-order valence-corrected chi connectivity index (χ2v) is 7.20. The Morgan fingerprint density at radius 3 is 2.83 bits per heavy atom. The molecule has 24 heavy (non-hydrogen) atoms. The van der Waals surface area contributed by atoms with Gasteiger partial charge in [-0.25, -0.2) is 4.98 Å². The van der Waals surface area contributed by atoms with Crippen molar-refractivity contribution in [3.05, 3.63) is 53.1 Å². The standard InChI is InChI=1S/C20H25N3O/c1-15-6-5-7-16(12-15)17-8-9-19-21-18(14-23(19)13-17)20(24)22-10-3-2-4-11-22/h5-7,12,14,17H,2-4,8-11,13H2,1H3/t17-/m0/s1. The van der Waals surface area contributed by atoms with E-state index < -0.39 is 0 Å². The molecule has 0 unspecified atom stereocenters. The summed E-state index contributed by atoms with van der Waals surface area (Å²) in [5, 5.41) is 0. The van der Waals surface area contributed by atoms with Crippen LogP contribution >= 0.6 is 0 Å². The van der Waals surface area contributed by atoms with Gasteiger partial charge in [0.1, 0.15) is 11.5 Å². The van der Waals surface area contributed by atoms with Gasteiger partial charge in [0.2, 0.25) is 0 Å². The van der Waals surface area contributed by atoms with E-state index in [9.17, 15) is 4.79 Å². The molecule has 4 heteroatoms. The Morgan fingerprint density at radius 2 is 2.04 bits per heavy atom. The SMILES string of the molecule is Cc1cccc([C@H]2CCc3nc(C(=O)N4CCCCC4)cn3C2)c1. The van der Waals surface area contributed by atoms with E-state index in [4.69, 9.17) is 0 Å². The molecule has 0 bridgehead atoms. The lowest BCUT2D eigenvalue weighted by Crippen LogP contribution is -2.35. The molecule has 126 valence electrons. The van der Waals surface area contributed by atoms with Gasteiger partial charge in [0.15, 0.2) is 0 Å². The van der Waals surface area contributed by atoms with E-state index in [2.05, 4.69) is 40.7 Å². The van der Waals surface area contributed by atoms with Crippen LogP contribution in [0.25, 0.3) is 0 Å². The fourth-order valence-electron chi connectivity index (χ4n) is 4.00. The molecular formula is C20H25N3O. The molecule has 1 aromatic heterocycles. The molecule has 4 nitrogen and oxygen atoms in total. The van der Waals surface area contributed by atoms with Crippen molar-refractivity contribution < 1.29 is 4.79 Å². The first-order chi connectivity index (χ1) is 11.7. The molecule has 4 rings (SSSR count). The Morgan fingerprint density at radius 1 is 1.21 bits per heavy atom. The number of piperidine rings is 1. The summed E-state index contributed by atoms with van der Waals surface area (Å²) in [4.78, 5) is 19.3. The van der Waals surface area contributed by atoms with Crippen LogP contribution in [0.2, 0.25) is 0 Å². The summed E-state index contributed by atoms with van der Waals surface area (Å²) in [7, 11) is 0. The van der Waals surface area contributed by atoms with Crippen LogP contribution < -0.4 is 0 Å². The predicted octanol–water partition coefficient (Wildman–Crippen LogP) is 3.55. The summed E-state index contributed by atoms with van der Waals surface area (Å²) in [6.07, 6.45) is 7.52. The van der Waals surface area contributed by atoms with E-state index in [0.717, 1.165) is 51.1 Å². The first kappa shape index (κ1) is 15.4. The van der Waals surface area contributed by atoms with Gasteiger partial charge in [-0.3, -0.25) is 4.79 Å². The number of rotatable bonds is 2. The fourth-order valence-corrected chi connectivity index (χ4v) is 4.00. The topological polar surface area (TPSA) is 38.1 Å². The van der Waals surface area contributed by atoms with E-state index >= 15 is 0 Å². The summed E-state index contributed by atoms with van der Waals surface area (Å²) in [6.45, 7) is 4.84. The summed E-state index contributed by atoms with van der Waals surface area (Å²) in [6, 6.07) is 8.79. The Bertz CT molecular complexity index is 743. The molecule has 0 N–H and O–H groups in total. The van der Waals surface area contributed by atoms with Crippen LogP contribution in [0.3, 0.4) is 0 Å². The molecule has 2 aromatic rings. The third-order valence-electron chi connectivity index (χ3n) is 5.37. The van der Waals surface area contributed by atoms with E-state index in [-0.39, 0.29) is 5.91 Å². The molecule has 0 aliphatic carbocycles. The molecule has 0 saturated carbocycles. The Hall–Kier alpha value is -2.10. The lowest BCUT2D eigenvalue weighted by Gasteiger charge is -2.25. The lowest BCUT2D eigenvalue weighted by atomic mass is 9.91. The van der Waals surface area contributed by atoms with Gasteiger partial charge in [0.05, 0.1) is 0 Å². The summed E-state index contributed by atoms with van der Waals surface area (Å²) >= 11 is 0. The maximum atomic E-state index is 12.7. The Balaban J connectivity index is 1.52. The zero-order valence-corrected chi connectivity index (χ0v) is 14.4. The van der Waals surface area contributed by atoms with Gasteiger partial charge in [-0.1, -0.05) is 29.8 Å². The molecule has 3 heterocycles. The Kier molecular flexibility index (Phi) is 4.13. The number of carbonyl (C=O) groups is 1. The minimum atomic E-state index is 0.115. The molecule has 2 aliphatic heterocycles. The van der Waals surface area contributed by atoms with Crippen LogP contribution in [0.1, 0.15) is 59.0 Å². The van der Waals surface area contributed by atoms with E-state index in [1.807, 2.05) is 11.1 Å². The zero-order valence-electron chi connectivity index (χ0n) is 14.4. The van der Waals surface area contributed by atoms with Crippen molar-refractivity contribution in [3.8, 4) is 0 Å². The number of fused-ring (bicyclic) bond motifs is 1. The average molecular weight is 323 g/mol. The first-order valence-corrected chi connectivity index (χ1v) is 9.12. The minimum absolute atomic E-state index is 0.115. The van der Waals surface area contributed by atoms with Crippen LogP contribution in [-0.2, 0) is 13.0 Å². The largest absolute Gasteiger partial charge is 0.337 e. The summed E-state index contributed by atoms with van der Waals surface area (Å²) in [5.74, 6) is 1.70. The third kappa shape index (κ3) is 2.97. The second-order valence-electron chi connectivity index (χ2n) is 7.20. The van der Waals surface area contributed by atoms with Crippen LogP contribution in [0.4, 0.5) is 0 Å². The van der Waals surface area contributed by atoms with Gasteiger partial charge in [0, 0.05) is 38.2 Å². The highest BCUT2D eigenvalue weighted by Crippen LogP contribution is 2.29. The number of likely N-dealkylation sites (tertiary alicyclic amines) is 1. The third-order valence-corrected chi connectivity index (χ3v) is 5.37. The van der Waals surface area contributed by atoms with Gasteiger partial charge in [-0.15, -0.1) is 0 Å². The number of hydrogen-bond donors (Lipinski definition) is 0. The average Bonchev–Trinajstić information content (AvgIpc) is 3.05. The van der Waals surface area contributed by atoms with E-state index in [1.54, 1.807) is 0 Å². The van der Waals surface area contributed by atoms with Crippen molar-refractivity contribution in [2.24, 2.45) is 0 Å². The van der Waals surface area contributed by atoms with Crippen molar-refractivity contribution in [1.82, 2.24) is 14.5 Å². The molecule has 0 spiro atoms. The van der Waals surface area contributed by atoms with E-state index in [1.165, 1.54) is 17.5 Å². The Labute approximate surface area is 143 Å². The molecule has 0 radical (unpaired) electrons. The van der Waals surface area contributed by atoms with Gasteiger partial charge < -0.3 is 9.47 Å². The fraction of sp³-hybridized carbons (Fsp3) is 0.500. The first-order valence-electron chi connectivity index (χ1n) is 9.12. The number of imidazole rings is 1. The van der Waals surface area contributed by atoms with Gasteiger partial charge in [-0.05, 0) is 38.2 Å². The number of aryl methyl sites for hydroxylation is 2. The molecular weight excluding hydrogens is 298 g/mol. The monoisotopic (exact) mass is 323 g/mol. The molecule has 2 aliphatic rings. The van der Waals surface area contributed by atoms with Crippen LogP contribution in [0.5, 0.6) is 0 Å².